The van der Waals surface area contributed by atoms with Gasteiger partial charge in [0.1, 0.15) is 0 Å². The molecule has 0 saturated carbocycles. The molecule has 0 aliphatic rings. The van der Waals surface area contributed by atoms with E-state index in [0.717, 1.165) is 0 Å². The summed E-state index contributed by atoms with van der Waals surface area (Å²) in [5.41, 5.74) is 8.46. The lowest BCUT2D eigenvalue weighted by atomic mass is 10.6. The Kier molecular flexibility index (Phi) is 0.898. The summed E-state index contributed by atoms with van der Waals surface area (Å²) in [5, 5.41) is 6.67. The van der Waals surface area contributed by atoms with E-state index in [9.17, 15) is 0 Å². The van der Waals surface area contributed by atoms with Crippen molar-refractivity contribution in [2.75, 3.05) is 0 Å². The Bertz CT molecular complexity index is 137. The highest BCUT2D eigenvalue weighted by Gasteiger charge is 1.79. The Labute approximate surface area is 41.2 Å². The van der Waals surface area contributed by atoms with Crippen LogP contribution in [0.5, 0.6) is 0 Å². The lowest BCUT2D eigenvalue weighted by Gasteiger charge is -1.77. The quantitative estimate of drug-likeness (QED) is 0.459. The molecule has 0 atom stereocenters. The molecule has 1 aromatic rings. The van der Waals surface area contributed by atoms with Gasteiger partial charge in [-0.2, -0.15) is 5.10 Å². The Morgan fingerprint density at radius 1 is 1.57 bits per heavy atom. The second-order valence-corrected chi connectivity index (χ2v) is 1.08. The van der Waals surface area contributed by atoms with E-state index in [4.69, 9.17) is 5.73 Å². The van der Waals surface area contributed by atoms with Gasteiger partial charge in [0.05, 0.1) is 0 Å². The topological polar surface area (TPSA) is 48.1 Å². The zero-order chi connectivity index (χ0) is 5.11. The minimum Gasteiger partial charge on any atom is -0.157 e. The predicted octanol–water partition coefficient (Wildman–Crippen LogP) is 0.177. The third-order valence-corrected chi connectivity index (χ3v) is 0.558. The summed E-state index contributed by atoms with van der Waals surface area (Å²) in [4.78, 5) is 0. The average molecular weight is 93.1 g/mol. The monoisotopic (exact) mass is 93.0 g/mol. The van der Waals surface area contributed by atoms with E-state index in [0.29, 0.717) is 0 Å². The van der Waals surface area contributed by atoms with Crippen molar-refractivity contribution in [1.29, 1.82) is 0 Å². The molecule has 7 heavy (non-hydrogen) atoms. The molecular weight excluding hydrogens is 90.1 g/mol. The van der Waals surface area contributed by atoms with Gasteiger partial charge in [-0.25, -0.2) is 0 Å². The lowest BCUT2D eigenvalue weighted by Crippen LogP contribution is -1.77. The maximum absolute atomic E-state index is 8.46. The molecule has 2 radical (unpaired) electrons. The number of nitrogens with zero attached hydrogens (tertiary/aromatic N) is 3. The lowest BCUT2D eigenvalue weighted by molar-refractivity contribution is 1.02. The van der Waals surface area contributed by atoms with Crippen LogP contribution in [0.3, 0.4) is 0 Å². The molecule has 0 fully saturated rings. The maximum Gasteiger partial charge on any atom is 0.196 e. The van der Waals surface area contributed by atoms with Crippen LogP contribution in [0.4, 0.5) is 5.82 Å². The van der Waals surface area contributed by atoms with Gasteiger partial charge >= 0.3 is 0 Å². The van der Waals surface area contributed by atoms with Crippen LogP contribution in [-0.4, -0.2) is 10.2 Å². The third kappa shape index (κ3) is 0.855. The van der Waals surface area contributed by atoms with Crippen molar-refractivity contribution in [2.45, 2.75) is 0 Å². The van der Waals surface area contributed by atoms with Crippen LogP contribution >= 0.6 is 0 Å². The number of hydrogen-bond donors (Lipinski definition) is 0. The first-order valence-electron chi connectivity index (χ1n) is 1.86. The summed E-state index contributed by atoms with van der Waals surface area (Å²) in [6, 6.07) is 3.08. The summed E-state index contributed by atoms with van der Waals surface area (Å²) in [6.45, 7) is 0. The summed E-state index contributed by atoms with van der Waals surface area (Å²) in [7, 11) is 0. The molecule has 1 heterocycles. The van der Waals surface area contributed by atoms with Crippen LogP contribution in [0.2, 0.25) is 0 Å². The van der Waals surface area contributed by atoms with E-state index < -0.39 is 0 Å². The fourth-order valence-corrected chi connectivity index (χ4v) is 0.293. The highest BCUT2D eigenvalue weighted by Crippen LogP contribution is 1.89. The molecule has 0 aliphatic carbocycles. The van der Waals surface area contributed by atoms with Crippen LogP contribution in [0.15, 0.2) is 18.3 Å². The molecule has 0 saturated heterocycles. The number of aromatic nitrogens is 2. The van der Waals surface area contributed by atoms with Crippen molar-refractivity contribution in [3.8, 4) is 0 Å². The summed E-state index contributed by atoms with van der Waals surface area (Å²) in [5.74, 6) is -0.0394. The number of rotatable bonds is 0. The minimum atomic E-state index is -0.0394. The summed E-state index contributed by atoms with van der Waals surface area (Å²) in [6.07, 6.45) is 1.50. The molecule has 1 aromatic heterocycles. The molecule has 0 amide bonds. The molecule has 0 unspecified atom stereocenters. The average Bonchev–Trinajstić information content (AvgIpc) is 1.69. The van der Waals surface area contributed by atoms with E-state index in [1.165, 1.54) is 12.3 Å². The first-order chi connectivity index (χ1) is 3.39. The highest BCUT2D eigenvalue weighted by molar-refractivity contribution is 5.17. The fraction of sp³-hybridized carbons (Fsp3) is 0. The molecule has 34 valence electrons. The van der Waals surface area contributed by atoms with E-state index in [1.54, 1.807) is 6.07 Å². The van der Waals surface area contributed by atoms with Gasteiger partial charge in [0.25, 0.3) is 0 Å². The molecular formula is C4H3N3. The zero-order valence-electron chi connectivity index (χ0n) is 3.57. The van der Waals surface area contributed by atoms with Crippen LogP contribution in [0, 0.1) is 0 Å². The second-order valence-electron chi connectivity index (χ2n) is 1.08. The van der Waals surface area contributed by atoms with Gasteiger partial charge in [0, 0.05) is 6.20 Å². The molecule has 3 heteroatoms. The van der Waals surface area contributed by atoms with Gasteiger partial charge in [-0.3, -0.25) is 0 Å². The molecule has 0 bridgehead atoms. The highest BCUT2D eigenvalue weighted by atomic mass is 15.1. The van der Waals surface area contributed by atoms with Crippen LogP contribution in [0.1, 0.15) is 0 Å². The summed E-state index contributed by atoms with van der Waals surface area (Å²) < 4.78 is 0. The summed E-state index contributed by atoms with van der Waals surface area (Å²) >= 11 is 0. The normalized spacial score (nSPS) is 8.57. The first-order valence-corrected chi connectivity index (χ1v) is 1.86. The maximum atomic E-state index is 8.46. The Balaban J connectivity index is 3.02. The first kappa shape index (κ1) is 4.05. The minimum absolute atomic E-state index is 0.0394. The molecule has 0 spiro atoms. The van der Waals surface area contributed by atoms with Gasteiger partial charge in [-0.05, 0) is 12.1 Å². The van der Waals surface area contributed by atoms with E-state index in [1.807, 2.05) is 0 Å². The van der Waals surface area contributed by atoms with Crippen molar-refractivity contribution in [3.63, 3.8) is 0 Å². The SMILES string of the molecule is [N]c1cccnn1. The van der Waals surface area contributed by atoms with Crippen molar-refractivity contribution >= 4 is 5.82 Å². The van der Waals surface area contributed by atoms with E-state index >= 15 is 0 Å². The molecule has 1 rings (SSSR count). The number of hydrogen-bond acceptors (Lipinski definition) is 2. The van der Waals surface area contributed by atoms with E-state index in [-0.39, 0.29) is 5.82 Å². The second kappa shape index (κ2) is 1.55. The standard InChI is InChI=1S/C4H3N3/c5-4-2-1-3-6-7-4/h1-3H. The van der Waals surface area contributed by atoms with E-state index in [2.05, 4.69) is 10.2 Å². The van der Waals surface area contributed by atoms with Crippen molar-refractivity contribution in [2.24, 2.45) is 0 Å². The molecule has 0 aliphatic heterocycles. The van der Waals surface area contributed by atoms with Gasteiger partial charge in [-0.15, -0.1) is 10.8 Å². The predicted molar refractivity (Wildman–Crippen MR) is 23.8 cm³/mol. The van der Waals surface area contributed by atoms with Crippen LogP contribution in [-0.2, 0) is 0 Å². The Morgan fingerprint density at radius 3 is 2.71 bits per heavy atom. The molecule has 0 N–H and O–H groups in total. The zero-order valence-corrected chi connectivity index (χ0v) is 3.57. The van der Waals surface area contributed by atoms with Gasteiger partial charge in [-0.1, -0.05) is 0 Å². The van der Waals surface area contributed by atoms with Gasteiger partial charge < -0.3 is 0 Å². The largest absolute Gasteiger partial charge is 0.196 e. The fourth-order valence-electron chi connectivity index (χ4n) is 0.293. The molecule has 3 nitrogen and oxygen atoms in total. The Hall–Kier alpha value is -1.12. The van der Waals surface area contributed by atoms with Crippen LogP contribution < -0.4 is 5.73 Å². The third-order valence-electron chi connectivity index (χ3n) is 0.558. The Morgan fingerprint density at radius 2 is 2.43 bits per heavy atom. The smallest absolute Gasteiger partial charge is 0.157 e. The van der Waals surface area contributed by atoms with Gasteiger partial charge in [0.15, 0.2) is 5.82 Å². The molecule has 0 aromatic carbocycles. The van der Waals surface area contributed by atoms with Crippen LogP contribution in [0.25, 0.3) is 0 Å². The van der Waals surface area contributed by atoms with Gasteiger partial charge in [0.2, 0.25) is 0 Å². The van der Waals surface area contributed by atoms with Crippen molar-refractivity contribution < 1.29 is 0 Å². The van der Waals surface area contributed by atoms with Crippen molar-refractivity contribution in [3.05, 3.63) is 18.3 Å². The van der Waals surface area contributed by atoms with Crippen molar-refractivity contribution in [1.82, 2.24) is 15.9 Å².